The third-order valence-electron chi connectivity index (χ3n) is 5.19. The Kier molecular flexibility index (Phi) is 7.53. The van der Waals surface area contributed by atoms with Gasteiger partial charge in [-0.2, -0.15) is 0 Å². The second-order valence-electron chi connectivity index (χ2n) is 7.55. The number of hydrogen-bond acceptors (Lipinski definition) is 2. The van der Waals surface area contributed by atoms with Gasteiger partial charge in [-0.15, -0.1) is 0 Å². The Bertz CT molecular complexity index is 1080. The molecule has 0 aromatic heterocycles. The van der Waals surface area contributed by atoms with Crippen LogP contribution < -0.4 is 10.6 Å². The van der Waals surface area contributed by atoms with E-state index in [4.69, 9.17) is 11.6 Å². The fraction of sp³-hybridized carbons (Fsp3) is 0.200. The first-order valence-electron chi connectivity index (χ1n) is 10.5. The second-order valence-corrected chi connectivity index (χ2v) is 7.96. The van der Waals surface area contributed by atoms with Gasteiger partial charge in [0.05, 0.1) is 10.7 Å². The van der Waals surface area contributed by atoms with Gasteiger partial charge in [0, 0.05) is 16.8 Å². The quantitative estimate of drug-likeness (QED) is 0.470. The first kappa shape index (κ1) is 22.6. The largest absolute Gasteiger partial charge is 0.322 e. The van der Waals surface area contributed by atoms with Gasteiger partial charge in [0.15, 0.2) is 0 Å². The molecule has 0 spiro atoms. The molecule has 0 aliphatic rings. The lowest BCUT2D eigenvalue weighted by Gasteiger charge is -2.14. The van der Waals surface area contributed by atoms with Crippen molar-refractivity contribution < 1.29 is 9.59 Å². The molecular weight excluding hydrogens is 407 g/mol. The lowest BCUT2D eigenvalue weighted by molar-refractivity contribution is 0.101. The third kappa shape index (κ3) is 5.77. The molecule has 0 saturated heterocycles. The molecule has 3 rings (SSSR count). The molecule has 0 aliphatic heterocycles. The molecule has 6 heteroatoms. The predicted molar refractivity (Wildman–Crippen MR) is 131 cm³/mol. The van der Waals surface area contributed by atoms with Gasteiger partial charge < -0.3 is 10.6 Å². The lowest BCUT2D eigenvalue weighted by atomic mass is 9.75. The highest BCUT2D eigenvalue weighted by Crippen LogP contribution is 2.30. The van der Waals surface area contributed by atoms with E-state index in [0.717, 1.165) is 25.6 Å². The summed E-state index contributed by atoms with van der Waals surface area (Å²) in [5, 5.41) is 6.12. The first-order valence-corrected chi connectivity index (χ1v) is 10.9. The van der Waals surface area contributed by atoms with Crippen LogP contribution in [-0.2, 0) is 12.7 Å². The summed E-state index contributed by atoms with van der Waals surface area (Å²) >= 11 is 6.40. The van der Waals surface area contributed by atoms with Gasteiger partial charge in [0.2, 0.25) is 0 Å². The van der Waals surface area contributed by atoms with Crippen molar-refractivity contribution in [1.82, 2.24) is 0 Å². The van der Waals surface area contributed by atoms with Crippen molar-refractivity contribution in [1.29, 1.82) is 0 Å². The van der Waals surface area contributed by atoms with Crippen LogP contribution in [0, 0.1) is 6.92 Å². The highest BCUT2D eigenvalue weighted by atomic mass is 35.5. The van der Waals surface area contributed by atoms with E-state index >= 15 is 0 Å². The molecule has 3 aromatic rings. The van der Waals surface area contributed by atoms with Gasteiger partial charge in [0.1, 0.15) is 7.28 Å². The molecule has 0 fully saturated rings. The molecule has 2 N–H and O–H groups in total. The summed E-state index contributed by atoms with van der Waals surface area (Å²) in [7, 11) is 1.06. The van der Waals surface area contributed by atoms with Gasteiger partial charge in [0.25, 0.3) is 11.8 Å². The van der Waals surface area contributed by atoms with Crippen molar-refractivity contribution in [3.8, 4) is 0 Å². The van der Waals surface area contributed by atoms with Crippen LogP contribution in [0.4, 0.5) is 11.4 Å². The molecule has 4 nitrogen and oxygen atoms in total. The number of carbonyl (C=O) groups excluding carboxylic acids is 2. The number of benzene rings is 3. The number of nitrogens with one attached hydrogen (secondary N) is 2. The highest BCUT2D eigenvalue weighted by Gasteiger charge is 2.13. The number of amides is 2. The van der Waals surface area contributed by atoms with Crippen molar-refractivity contribution in [3.05, 3.63) is 93.5 Å². The van der Waals surface area contributed by atoms with Crippen LogP contribution in [0.15, 0.2) is 60.7 Å². The van der Waals surface area contributed by atoms with E-state index in [1.807, 2.05) is 55.5 Å². The standard InChI is InChI=1S/C25H26BClN2O2/c1-4-17-5-9-19(10-6-17)24(30)28-22-14-21(27)23(13-16(22)2)29-25(31)20-11-7-18(8-12-20)15-26-3/h5-14,26H,4,15H2,1-3H3,(H,28,30)(H,29,31). The average molecular weight is 433 g/mol. The predicted octanol–water partition coefficient (Wildman–Crippen LogP) is 5.70. The van der Waals surface area contributed by atoms with E-state index in [1.165, 1.54) is 11.1 Å². The van der Waals surface area contributed by atoms with Crippen molar-refractivity contribution in [3.63, 3.8) is 0 Å². The van der Waals surface area contributed by atoms with E-state index in [9.17, 15) is 9.59 Å². The topological polar surface area (TPSA) is 58.2 Å². The van der Waals surface area contributed by atoms with Crippen molar-refractivity contribution in [2.24, 2.45) is 0 Å². The number of carbonyl (C=O) groups is 2. The van der Waals surface area contributed by atoms with Crippen molar-refractivity contribution >= 4 is 42.1 Å². The minimum Gasteiger partial charge on any atom is -0.322 e. The Hall–Kier alpha value is -3.05. The first-order chi connectivity index (χ1) is 14.9. The zero-order chi connectivity index (χ0) is 22.4. The maximum atomic E-state index is 12.6. The molecule has 3 aromatic carbocycles. The molecule has 0 radical (unpaired) electrons. The van der Waals surface area contributed by atoms with Crippen LogP contribution in [0.1, 0.15) is 44.3 Å². The molecule has 31 heavy (non-hydrogen) atoms. The van der Waals surface area contributed by atoms with Gasteiger partial charge in [-0.25, -0.2) is 0 Å². The Morgan fingerprint density at radius 1 is 0.839 bits per heavy atom. The Balaban J connectivity index is 1.71. The number of rotatable bonds is 7. The molecule has 2 amide bonds. The zero-order valence-corrected chi connectivity index (χ0v) is 18.8. The minimum atomic E-state index is -0.225. The molecular formula is C25H26BClN2O2. The zero-order valence-electron chi connectivity index (χ0n) is 18.1. The van der Waals surface area contributed by atoms with Crippen molar-refractivity contribution in [2.45, 2.75) is 33.4 Å². The van der Waals surface area contributed by atoms with Crippen LogP contribution >= 0.6 is 11.6 Å². The molecule has 0 unspecified atom stereocenters. The van der Waals surface area contributed by atoms with E-state index in [-0.39, 0.29) is 11.8 Å². The van der Waals surface area contributed by atoms with Gasteiger partial charge in [-0.05, 0) is 60.9 Å². The minimum absolute atomic E-state index is 0.203. The van der Waals surface area contributed by atoms with Crippen LogP contribution in [-0.4, -0.2) is 19.1 Å². The number of hydrogen-bond donors (Lipinski definition) is 2. The summed E-state index contributed by atoms with van der Waals surface area (Å²) in [6.07, 6.45) is 1.91. The molecule has 0 bridgehead atoms. The number of aryl methyl sites for hydroxylation is 2. The summed E-state index contributed by atoms with van der Waals surface area (Å²) in [4.78, 5) is 25.2. The Morgan fingerprint density at radius 3 is 1.87 bits per heavy atom. The molecule has 0 atom stereocenters. The molecule has 0 aliphatic carbocycles. The highest BCUT2D eigenvalue weighted by molar-refractivity contribution is 6.34. The SMILES string of the molecule is CBCc1ccc(C(=O)Nc2cc(C)c(NC(=O)c3ccc(CC)cc3)cc2Cl)cc1. The summed E-state index contributed by atoms with van der Waals surface area (Å²) in [6.45, 7) is 6.06. The summed E-state index contributed by atoms with van der Waals surface area (Å²) in [6, 6.07) is 18.5. The van der Waals surface area contributed by atoms with Gasteiger partial charge in [-0.3, -0.25) is 9.59 Å². The van der Waals surface area contributed by atoms with Crippen LogP contribution in [0.3, 0.4) is 0 Å². The normalized spacial score (nSPS) is 10.5. The Morgan fingerprint density at radius 2 is 1.35 bits per heavy atom. The van der Waals surface area contributed by atoms with Crippen LogP contribution in [0.2, 0.25) is 11.8 Å². The Labute approximate surface area is 189 Å². The summed E-state index contributed by atoms with van der Waals surface area (Å²) in [5.41, 5.74) is 5.45. The monoisotopic (exact) mass is 432 g/mol. The van der Waals surface area contributed by atoms with Gasteiger partial charge >= 0.3 is 0 Å². The molecule has 158 valence electrons. The van der Waals surface area contributed by atoms with Crippen LogP contribution in [0.25, 0.3) is 0 Å². The maximum absolute atomic E-state index is 12.6. The van der Waals surface area contributed by atoms with Crippen molar-refractivity contribution in [2.75, 3.05) is 10.6 Å². The van der Waals surface area contributed by atoms with E-state index in [2.05, 4.69) is 24.4 Å². The van der Waals surface area contributed by atoms with Gasteiger partial charge in [-0.1, -0.05) is 61.5 Å². The fourth-order valence-electron chi connectivity index (χ4n) is 3.30. The molecule has 0 heterocycles. The molecule has 0 saturated carbocycles. The summed E-state index contributed by atoms with van der Waals surface area (Å²) < 4.78 is 0. The lowest BCUT2D eigenvalue weighted by Crippen LogP contribution is -2.15. The van der Waals surface area contributed by atoms with E-state index in [0.29, 0.717) is 27.5 Å². The fourth-order valence-corrected chi connectivity index (χ4v) is 3.52. The maximum Gasteiger partial charge on any atom is 0.255 e. The number of anilines is 2. The average Bonchev–Trinajstić information content (AvgIpc) is 2.77. The van der Waals surface area contributed by atoms with E-state index < -0.39 is 0 Å². The second kappa shape index (κ2) is 10.3. The van der Waals surface area contributed by atoms with E-state index in [1.54, 1.807) is 12.1 Å². The number of halogens is 1. The smallest absolute Gasteiger partial charge is 0.255 e. The van der Waals surface area contributed by atoms with Crippen LogP contribution in [0.5, 0.6) is 0 Å². The third-order valence-corrected chi connectivity index (χ3v) is 5.50. The summed E-state index contributed by atoms with van der Waals surface area (Å²) in [5.74, 6) is -0.428.